The predicted octanol–water partition coefficient (Wildman–Crippen LogP) is -1.80. The third kappa shape index (κ3) is 11.6. The maximum atomic E-state index is 11.5. The van der Waals surface area contributed by atoms with Gasteiger partial charge in [-0.05, 0) is 12.5 Å². The van der Waals surface area contributed by atoms with Crippen LogP contribution in [-0.2, 0) is 19.2 Å². The fraction of sp³-hybridized carbons (Fsp3) is 0.462. The van der Waals surface area contributed by atoms with Gasteiger partial charge >= 0.3 is 11.9 Å². The number of thiol groups is 1. The average Bonchev–Trinajstić information content (AvgIpc) is 3.14. The first-order valence-corrected chi connectivity index (χ1v) is 7.73. The molecule has 0 unspecified atom stereocenters. The Morgan fingerprint density at radius 1 is 1.28 bits per heavy atom. The zero-order valence-electron chi connectivity index (χ0n) is 13.2. The number of carbonyl (C=O) groups excluding carboxylic acids is 2. The maximum absolute atomic E-state index is 11.5. The molecule has 12 heteroatoms. The Morgan fingerprint density at radius 2 is 1.96 bits per heavy atom. The molecule has 140 valence electrons. The highest BCUT2D eigenvalue weighted by Gasteiger charge is 2.20. The molecule has 1 aromatic rings. The smallest absolute Gasteiger partial charge is 0.322 e. The molecule has 7 N–H and O–H groups in total. The summed E-state index contributed by atoms with van der Waals surface area (Å²) in [5.41, 5.74) is 5.23. The van der Waals surface area contributed by atoms with E-state index in [1.54, 1.807) is 12.4 Å². The Balaban J connectivity index is 0.000000972. The fourth-order valence-electron chi connectivity index (χ4n) is 1.37. The standard InChI is InChI=1S/C10H17N3O6S.C3H4N2/c11-5(10(18)19)1-2-7(14)13-6(4-20)9(17)12-3-8(15)16;1-2-4-5-3-1/h5-6,20H,1-4,11H2,(H,12,17)(H,13,14)(H,15,16)(H,18,19);1-3H,(H,4,5)/t5-,6-;/m0./s1. The molecule has 0 saturated carbocycles. The topological polar surface area (TPSA) is 187 Å². The summed E-state index contributed by atoms with van der Waals surface area (Å²) in [6, 6.07) is -0.317. The van der Waals surface area contributed by atoms with E-state index in [2.05, 4.69) is 33.5 Å². The van der Waals surface area contributed by atoms with Gasteiger partial charge in [-0.15, -0.1) is 0 Å². The number of carbonyl (C=O) groups is 4. The zero-order valence-corrected chi connectivity index (χ0v) is 14.1. The highest BCUT2D eigenvalue weighted by atomic mass is 32.1. The number of aromatic nitrogens is 2. The van der Waals surface area contributed by atoms with E-state index in [-0.39, 0.29) is 18.6 Å². The van der Waals surface area contributed by atoms with Crippen LogP contribution in [0.4, 0.5) is 0 Å². The number of aliphatic carboxylic acids is 2. The minimum Gasteiger partial charge on any atom is -0.480 e. The molecule has 0 radical (unpaired) electrons. The molecule has 0 saturated heterocycles. The van der Waals surface area contributed by atoms with Crippen molar-refractivity contribution < 1.29 is 29.4 Å². The van der Waals surface area contributed by atoms with Crippen LogP contribution in [0.3, 0.4) is 0 Å². The molecular weight excluding hydrogens is 354 g/mol. The van der Waals surface area contributed by atoms with Crippen LogP contribution in [0.25, 0.3) is 0 Å². The van der Waals surface area contributed by atoms with Gasteiger partial charge in [-0.25, -0.2) is 0 Å². The van der Waals surface area contributed by atoms with Gasteiger partial charge in [0.15, 0.2) is 0 Å². The first kappa shape index (κ1) is 22.4. The lowest BCUT2D eigenvalue weighted by Gasteiger charge is -2.16. The van der Waals surface area contributed by atoms with Crippen LogP contribution in [-0.4, -0.2) is 68.5 Å². The predicted molar refractivity (Wildman–Crippen MR) is 89.9 cm³/mol. The van der Waals surface area contributed by atoms with E-state index in [1.165, 1.54) is 0 Å². The summed E-state index contributed by atoms with van der Waals surface area (Å²) in [6.07, 6.45) is 3.22. The van der Waals surface area contributed by atoms with Gasteiger partial charge < -0.3 is 26.6 Å². The van der Waals surface area contributed by atoms with Crippen molar-refractivity contribution in [1.29, 1.82) is 0 Å². The Kier molecular flexibility index (Phi) is 11.4. The molecule has 1 heterocycles. The molecule has 0 aliphatic heterocycles. The number of carboxylic acid groups (broad SMARTS) is 2. The lowest BCUT2D eigenvalue weighted by molar-refractivity contribution is -0.139. The lowest BCUT2D eigenvalue weighted by Crippen LogP contribution is -2.49. The minimum absolute atomic E-state index is 0.0256. The number of nitrogens with one attached hydrogen (secondary N) is 3. The van der Waals surface area contributed by atoms with E-state index in [1.807, 2.05) is 6.07 Å². The van der Waals surface area contributed by atoms with Gasteiger partial charge in [-0.3, -0.25) is 24.3 Å². The quantitative estimate of drug-likeness (QED) is 0.246. The molecule has 0 fully saturated rings. The normalized spacial score (nSPS) is 12.1. The van der Waals surface area contributed by atoms with Gasteiger partial charge in [0.2, 0.25) is 11.8 Å². The van der Waals surface area contributed by atoms with E-state index >= 15 is 0 Å². The van der Waals surface area contributed by atoms with Gasteiger partial charge in [0, 0.05) is 24.6 Å². The van der Waals surface area contributed by atoms with E-state index < -0.39 is 42.4 Å². The van der Waals surface area contributed by atoms with Gasteiger partial charge in [0.25, 0.3) is 0 Å². The highest BCUT2D eigenvalue weighted by Crippen LogP contribution is 1.97. The largest absolute Gasteiger partial charge is 0.480 e. The molecule has 2 atom stereocenters. The van der Waals surface area contributed by atoms with Crippen LogP contribution < -0.4 is 16.4 Å². The molecule has 0 aliphatic carbocycles. The Hall–Kier alpha value is -2.60. The van der Waals surface area contributed by atoms with Crippen molar-refractivity contribution in [2.24, 2.45) is 5.73 Å². The number of aromatic amines is 1. The fourth-order valence-corrected chi connectivity index (χ4v) is 1.63. The third-order valence-electron chi connectivity index (χ3n) is 2.65. The summed E-state index contributed by atoms with van der Waals surface area (Å²) in [5, 5.41) is 27.6. The SMILES string of the molecule is N[C@@H](CCC(=O)N[C@@H](CS)C(=O)NCC(=O)O)C(=O)O.c1cn[nH]c1. The molecule has 11 nitrogen and oxygen atoms in total. The highest BCUT2D eigenvalue weighted by molar-refractivity contribution is 7.80. The summed E-state index contributed by atoms with van der Waals surface area (Å²) in [5.74, 6) is -3.70. The second-order valence-electron chi connectivity index (χ2n) is 4.66. The van der Waals surface area contributed by atoms with E-state index in [4.69, 9.17) is 15.9 Å². The lowest BCUT2D eigenvalue weighted by atomic mass is 10.1. The van der Waals surface area contributed by atoms with Crippen LogP contribution >= 0.6 is 12.6 Å². The van der Waals surface area contributed by atoms with Crippen LogP contribution in [0.15, 0.2) is 18.5 Å². The first-order chi connectivity index (χ1) is 11.8. The van der Waals surface area contributed by atoms with Crippen molar-refractivity contribution in [3.63, 3.8) is 0 Å². The van der Waals surface area contributed by atoms with Crippen molar-refractivity contribution in [3.8, 4) is 0 Å². The van der Waals surface area contributed by atoms with Crippen molar-refractivity contribution in [3.05, 3.63) is 18.5 Å². The van der Waals surface area contributed by atoms with Crippen molar-refractivity contribution in [2.45, 2.75) is 24.9 Å². The Bertz CT molecular complexity index is 536. The molecule has 2 amide bonds. The van der Waals surface area contributed by atoms with Crippen LogP contribution in [0.5, 0.6) is 0 Å². The third-order valence-corrected chi connectivity index (χ3v) is 3.02. The summed E-state index contributed by atoms with van der Waals surface area (Å²) in [7, 11) is 0. The molecule has 1 rings (SSSR count). The van der Waals surface area contributed by atoms with Crippen molar-refractivity contribution >= 4 is 36.4 Å². The van der Waals surface area contributed by atoms with Gasteiger partial charge in [-0.2, -0.15) is 17.7 Å². The average molecular weight is 375 g/mol. The minimum atomic E-state index is -1.22. The number of nitrogens with two attached hydrogens (primary N) is 1. The maximum Gasteiger partial charge on any atom is 0.322 e. The monoisotopic (exact) mass is 375 g/mol. The number of hydrogen-bond donors (Lipinski definition) is 7. The number of rotatable bonds is 9. The number of amides is 2. The zero-order chi connectivity index (χ0) is 19.2. The van der Waals surface area contributed by atoms with E-state index in [9.17, 15) is 19.2 Å². The summed E-state index contributed by atoms with van der Waals surface area (Å²) in [4.78, 5) is 43.7. The van der Waals surface area contributed by atoms with Crippen LogP contribution in [0.2, 0.25) is 0 Å². The second kappa shape index (κ2) is 12.8. The summed E-state index contributed by atoms with van der Waals surface area (Å²) < 4.78 is 0. The number of hydrogen-bond acceptors (Lipinski definition) is 7. The summed E-state index contributed by atoms with van der Waals surface area (Å²) >= 11 is 3.87. The van der Waals surface area contributed by atoms with Gasteiger partial charge in [0.05, 0.1) is 0 Å². The number of carboxylic acids is 2. The Labute approximate surface area is 148 Å². The first-order valence-electron chi connectivity index (χ1n) is 7.09. The molecular formula is C13H21N5O6S. The van der Waals surface area contributed by atoms with Crippen molar-refractivity contribution in [2.75, 3.05) is 12.3 Å². The number of H-pyrrole nitrogens is 1. The van der Waals surface area contributed by atoms with Gasteiger partial charge in [0.1, 0.15) is 18.6 Å². The molecule has 0 aromatic carbocycles. The molecule has 0 bridgehead atoms. The van der Waals surface area contributed by atoms with Gasteiger partial charge in [-0.1, -0.05) is 0 Å². The van der Waals surface area contributed by atoms with Crippen LogP contribution in [0, 0.1) is 0 Å². The number of nitrogens with zero attached hydrogens (tertiary/aromatic N) is 1. The second-order valence-corrected chi connectivity index (χ2v) is 5.03. The summed E-state index contributed by atoms with van der Waals surface area (Å²) in [6.45, 7) is -0.567. The molecule has 0 aliphatic rings. The molecule has 25 heavy (non-hydrogen) atoms. The molecule has 0 spiro atoms. The van der Waals surface area contributed by atoms with Crippen molar-refractivity contribution in [1.82, 2.24) is 20.8 Å². The Morgan fingerprint density at radius 3 is 2.36 bits per heavy atom. The van der Waals surface area contributed by atoms with E-state index in [0.717, 1.165) is 0 Å². The molecule has 1 aromatic heterocycles. The van der Waals surface area contributed by atoms with E-state index in [0.29, 0.717) is 0 Å². The van der Waals surface area contributed by atoms with Crippen LogP contribution in [0.1, 0.15) is 12.8 Å².